The first kappa shape index (κ1) is 13.0. The van der Waals surface area contributed by atoms with Crippen LogP contribution in [0.3, 0.4) is 0 Å². The topological polar surface area (TPSA) is 82.8 Å². The summed E-state index contributed by atoms with van der Waals surface area (Å²) in [6.45, 7) is 2.18. The highest BCUT2D eigenvalue weighted by Gasteiger charge is 2.19. The molecule has 0 amide bonds. The number of carboxylic acid groups (broad SMARTS) is 1. The molecule has 1 unspecified atom stereocenters. The van der Waals surface area contributed by atoms with Crippen LogP contribution in [0.1, 0.15) is 6.92 Å². The third kappa shape index (κ3) is 2.88. The van der Waals surface area contributed by atoms with E-state index in [1.54, 1.807) is 30.0 Å². The Morgan fingerprint density at radius 1 is 1.53 bits per heavy atom. The van der Waals surface area contributed by atoms with Crippen LogP contribution in [0, 0.1) is 17.2 Å². The average Bonchev–Trinajstić information content (AvgIpc) is 2.85. The Bertz CT molecular complexity index is 524. The lowest BCUT2D eigenvalue weighted by atomic mass is 10.1. The van der Waals surface area contributed by atoms with Crippen molar-refractivity contribution in [1.82, 2.24) is 0 Å². The normalized spacial score (nSPS) is 13.7. The molecule has 0 radical (unpaired) electrons. The molecule has 0 aliphatic carbocycles. The van der Waals surface area contributed by atoms with E-state index in [0.717, 1.165) is 5.69 Å². The SMILES string of the molecule is CC(CN(CC#N)c1ccc2c(c1)OCO2)C(=O)O. The number of ether oxygens (including phenoxy) is 2. The average molecular weight is 262 g/mol. The van der Waals surface area contributed by atoms with Gasteiger partial charge in [0.2, 0.25) is 6.79 Å². The maximum absolute atomic E-state index is 10.9. The van der Waals surface area contributed by atoms with Crippen molar-refractivity contribution in [3.05, 3.63) is 18.2 Å². The van der Waals surface area contributed by atoms with Gasteiger partial charge in [0.05, 0.1) is 12.0 Å². The summed E-state index contributed by atoms with van der Waals surface area (Å²) in [5.41, 5.74) is 0.749. The standard InChI is InChI=1S/C13H14N2O4/c1-9(13(16)17)7-15(5-4-14)10-2-3-11-12(6-10)19-8-18-11/h2-3,6,9H,5,7-8H2,1H3,(H,16,17). The molecule has 6 heteroatoms. The largest absolute Gasteiger partial charge is 0.481 e. The molecule has 0 fully saturated rings. The summed E-state index contributed by atoms with van der Waals surface area (Å²) in [5.74, 6) is -0.169. The van der Waals surface area contributed by atoms with Gasteiger partial charge < -0.3 is 19.5 Å². The number of nitrogens with zero attached hydrogens (tertiary/aromatic N) is 2. The molecule has 1 N–H and O–H groups in total. The Morgan fingerprint density at radius 3 is 2.95 bits per heavy atom. The third-order valence-electron chi connectivity index (χ3n) is 2.90. The number of rotatable bonds is 5. The molecule has 1 aliphatic heterocycles. The Labute approximate surface area is 110 Å². The molecule has 0 aromatic heterocycles. The van der Waals surface area contributed by atoms with Crippen molar-refractivity contribution in [3.63, 3.8) is 0 Å². The van der Waals surface area contributed by atoms with Gasteiger partial charge in [-0.3, -0.25) is 4.79 Å². The van der Waals surface area contributed by atoms with Crippen LogP contribution in [0.4, 0.5) is 5.69 Å². The number of carbonyl (C=O) groups is 1. The van der Waals surface area contributed by atoms with E-state index in [2.05, 4.69) is 0 Å². The van der Waals surface area contributed by atoms with E-state index in [9.17, 15) is 4.79 Å². The molecule has 1 atom stereocenters. The Kier molecular flexibility index (Phi) is 3.76. The van der Waals surface area contributed by atoms with Crippen molar-refractivity contribution in [2.45, 2.75) is 6.92 Å². The minimum Gasteiger partial charge on any atom is -0.481 e. The minimum atomic E-state index is -0.885. The molecule has 19 heavy (non-hydrogen) atoms. The first-order chi connectivity index (χ1) is 9.11. The Balaban J connectivity index is 2.19. The van der Waals surface area contributed by atoms with E-state index in [0.29, 0.717) is 11.5 Å². The van der Waals surface area contributed by atoms with Crippen LogP contribution in [-0.2, 0) is 4.79 Å². The second kappa shape index (κ2) is 5.48. The van der Waals surface area contributed by atoms with Crippen molar-refractivity contribution in [2.24, 2.45) is 5.92 Å². The molecule has 1 aliphatic rings. The summed E-state index contributed by atoms with van der Waals surface area (Å²) in [6.07, 6.45) is 0. The second-order valence-corrected chi connectivity index (χ2v) is 4.32. The van der Waals surface area contributed by atoms with Gasteiger partial charge in [0.25, 0.3) is 0 Å². The minimum absolute atomic E-state index is 0.122. The summed E-state index contributed by atoms with van der Waals surface area (Å²) in [6, 6.07) is 7.35. The number of anilines is 1. The molecule has 100 valence electrons. The maximum Gasteiger partial charge on any atom is 0.308 e. The van der Waals surface area contributed by atoms with Crippen LogP contribution in [0.5, 0.6) is 11.5 Å². The highest BCUT2D eigenvalue weighted by Crippen LogP contribution is 2.35. The van der Waals surface area contributed by atoms with E-state index in [-0.39, 0.29) is 19.9 Å². The molecule has 6 nitrogen and oxygen atoms in total. The first-order valence-corrected chi connectivity index (χ1v) is 5.86. The molecular weight excluding hydrogens is 248 g/mol. The van der Waals surface area contributed by atoms with Crippen molar-refractivity contribution in [3.8, 4) is 17.6 Å². The summed E-state index contributed by atoms with van der Waals surface area (Å²) in [5, 5.41) is 17.8. The predicted molar refractivity (Wildman–Crippen MR) is 67.2 cm³/mol. The van der Waals surface area contributed by atoms with Crippen LogP contribution < -0.4 is 14.4 Å². The van der Waals surface area contributed by atoms with Gasteiger partial charge in [0.1, 0.15) is 6.54 Å². The van der Waals surface area contributed by atoms with Gasteiger partial charge in [-0.05, 0) is 12.1 Å². The lowest BCUT2D eigenvalue weighted by Gasteiger charge is -2.23. The van der Waals surface area contributed by atoms with Gasteiger partial charge in [-0.1, -0.05) is 6.92 Å². The molecule has 0 saturated carbocycles. The fourth-order valence-corrected chi connectivity index (χ4v) is 1.84. The Morgan fingerprint density at radius 2 is 2.26 bits per heavy atom. The van der Waals surface area contributed by atoms with Gasteiger partial charge in [-0.2, -0.15) is 5.26 Å². The number of carboxylic acids is 1. The van der Waals surface area contributed by atoms with Crippen molar-refractivity contribution >= 4 is 11.7 Å². The van der Waals surface area contributed by atoms with Crippen LogP contribution in [0.15, 0.2) is 18.2 Å². The van der Waals surface area contributed by atoms with E-state index in [4.69, 9.17) is 19.8 Å². The van der Waals surface area contributed by atoms with Gasteiger partial charge >= 0.3 is 5.97 Å². The van der Waals surface area contributed by atoms with E-state index >= 15 is 0 Å². The molecule has 0 saturated heterocycles. The lowest BCUT2D eigenvalue weighted by molar-refractivity contribution is -0.140. The number of hydrogen-bond acceptors (Lipinski definition) is 5. The number of nitriles is 1. The van der Waals surface area contributed by atoms with Gasteiger partial charge in [0.15, 0.2) is 11.5 Å². The molecular formula is C13H14N2O4. The predicted octanol–water partition coefficient (Wildman–Crippen LogP) is 1.47. The van der Waals surface area contributed by atoms with Gasteiger partial charge in [0, 0.05) is 18.3 Å². The summed E-state index contributed by atoms with van der Waals surface area (Å²) < 4.78 is 10.5. The molecule has 2 rings (SSSR count). The molecule has 0 spiro atoms. The van der Waals surface area contributed by atoms with Crippen LogP contribution >= 0.6 is 0 Å². The second-order valence-electron chi connectivity index (χ2n) is 4.32. The molecule has 0 bridgehead atoms. The summed E-state index contributed by atoms with van der Waals surface area (Å²) in [7, 11) is 0. The zero-order valence-electron chi connectivity index (χ0n) is 10.5. The zero-order chi connectivity index (χ0) is 13.8. The highest BCUT2D eigenvalue weighted by molar-refractivity contribution is 5.70. The summed E-state index contributed by atoms with van der Waals surface area (Å²) in [4.78, 5) is 12.6. The number of benzene rings is 1. The van der Waals surface area contributed by atoms with Crippen LogP contribution in [0.2, 0.25) is 0 Å². The van der Waals surface area contributed by atoms with Crippen molar-refractivity contribution in [1.29, 1.82) is 5.26 Å². The quantitative estimate of drug-likeness (QED) is 0.809. The number of aliphatic carboxylic acids is 1. The van der Waals surface area contributed by atoms with E-state index in [1.165, 1.54) is 0 Å². The monoisotopic (exact) mass is 262 g/mol. The maximum atomic E-state index is 10.9. The molecule has 1 aromatic carbocycles. The van der Waals surface area contributed by atoms with Crippen LogP contribution in [-0.4, -0.2) is 31.0 Å². The number of hydrogen-bond donors (Lipinski definition) is 1. The first-order valence-electron chi connectivity index (χ1n) is 5.86. The Hall–Kier alpha value is -2.42. The molecule has 1 heterocycles. The number of fused-ring (bicyclic) bond motifs is 1. The molecule has 1 aromatic rings. The van der Waals surface area contributed by atoms with Crippen molar-refractivity contribution < 1.29 is 19.4 Å². The fourth-order valence-electron chi connectivity index (χ4n) is 1.84. The lowest BCUT2D eigenvalue weighted by Crippen LogP contribution is -2.32. The highest BCUT2D eigenvalue weighted by atomic mass is 16.7. The van der Waals surface area contributed by atoms with Gasteiger partial charge in [-0.15, -0.1) is 0 Å². The smallest absolute Gasteiger partial charge is 0.308 e. The zero-order valence-corrected chi connectivity index (χ0v) is 10.5. The van der Waals surface area contributed by atoms with E-state index in [1.807, 2.05) is 6.07 Å². The van der Waals surface area contributed by atoms with E-state index < -0.39 is 11.9 Å². The van der Waals surface area contributed by atoms with Crippen molar-refractivity contribution in [2.75, 3.05) is 24.8 Å². The third-order valence-corrected chi connectivity index (χ3v) is 2.90. The van der Waals surface area contributed by atoms with Crippen LogP contribution in [0.25, 0.3) is 0 Å². The summed E-state index contributed by atoms with van der Waals surface area (Å²) >= 11 is 0. The fraction of sp³-hybridized carbons (Fsp3) is 0.385. The van der Waals surface area contributed by atoms with Gasteiger partial charge in [-0.25, -0.2) is 0 Å².